The van der Waals surface area contributed by atoms with Crippen molar-refractivity contribution >= 4 is 10.0 Å². The van der Waals surface area contributed by atoms with Crippen LogP contribution in [-0.4, -0.2) is 47.5 Å². The lowest BCUT2D eigenvalue weighted by atomic mass is 10.1. The summed E-state index contributed by atoms with van der Waals surface area (Å²) in [6.07, 6.45) is 1.01. The maximum Gasteiger partial charge on any atom is 0.212 e. The van der Waals surface area contributed by atoms with Crippen molar-refractivity contribution < 1.29 is 13.2 Å². The van der Waals surface area contributed by atoms with Gasteiger partial charge in [0.2, 0.25) is 10.0 Å². The first-order valence-electron chi connectivity index (χ1n) is 5.67. The SMILES string of the molecule is CNCCS(=O)(=O)NCCOCCC(C)C. The highest BCUT2D eigenvalue weighted by molar-refractivity contribution is 7.89. The molecule has 0 spiro atoms. The molecule has 0 fully saturated rings. The zero-order chi connectivity index (χ0) is 12.4. The lowest BCUT2D eigenvalue weighted by molar-refractivity contribution is 0.128. The van der Waals surface area contributed by atoms with E-state index in [0.29, 0.717) is 32.2 Å². The van der Waals surface area contributed by atoms with Gasteiger partial charge in [-0.25, -0.2) is 13.1 Å². The van der Waals surface area contributed by atoms with Crippen LogP contribution < -0.4 is 10.0 Å². The van der Waals surface area contributed by atoms with Crippen LogP contribution >= 0.6 is 0 Å². The Labute approximate surface area is 99.0 Å². The van der Waals surface area contributed by atoms with Crippen LogP contribution in [0, 0.1) is 5.92 Å². The molecule has 0 heterocycles. The topological polar surface area (TPSA) is 67.4 Å². The van der Waals surface area contributed by atoms with E-state index >= 15 is 0 Å². The predicted molar refractivity (Wildman–Crippen MR) is 66.0 cm³/mol. The molecule has 0 aliphatic rings. The molecule has 0 bridgehead atoms. The Kier molecular flexibility index (Phi) is 8.83. The molecule has 6 heteroatoms. The van der Waals surface area contributed by atoms with Crippen molar-refractivity contribution in [3.63, 3.8) is 0 Å². The predicted octanol–water partition coefficient (Wildman–Crippen LogP) is 0.188. The van der Waals surface area contributed by atoms with Gasteiger partial charge in [0, 0.05) is 19.7 Å². The second-order valence-electron chi connectivity index (χ2n) is 4.11. The molecule has 0 aromatic rings. The molecule has 0 aliphatic carbocycles. The molecule has 0 rings (SSSR count). The molecule has 0 aromatic heterocycles. The van der Waals surface area contributed by atoms with Gasteiger partial charge in [0.05, 0.1) is 12.4 Å². The molecule has 2 N–H and O–H groups in total. The number of rotatable bonds is 10. The Morgan fingerprint density at radius 3 is 2.44 bits per heavy atom. The van der Waals surface area contributed by atoms with Crippen LogP contribution in [0.25, 0.3) is 0 Å². The Bertz CT molecular complexity index is 253. The van der Waals surface area contributed by atoms with E-state index in [4.69, 9.17) is 4.74 Å². The second-order valence-corrected chi connectivity index (χ2v) is 6.04. The maximum absolute atomic E-state index is 11.3. The highest BCUT2D eigenvalue weighted by atomic mass is 32.2. The molecular formula is C10H24N2O3S. The van der Waals surface area contributed by atoms with E-state index in [1.165, 1.54) is 0 Å². The van der Waals surface area contributed by atoms with Crippen LogP contribution in [0.2, 0.25) is 0 Å². The minimum atomic E-state index is -3.14. The average Bonchev–Trinajstić information content (AvgIpc) is 2.20. The quantitative estimate of drug-likeness (QED) is 0.545. The highest BCUT2D eigenvalue weighted by Gasteiger charge is 2.07. The van der Waals surface area contributed by atoms with Gasteiger partial charge >= 0.3 is 0 Å². The molecule has 0 atom stereocenters. The van der Waals surface area contributed by atoms with Gasteiger partial charge in [-0.15, -0.1) is 0 Å². The molecule has 5 nitrogen and oxygen atoms in total. The summed E-state index contributed by atoms with van der Waals surface area (Å²) < 4.78 is 30.4. The third-order valence-electron chi connectivity index (χ3n) is 2.03. The lowest BCUT2D eigenvalue weighted by Gasteiger charge is -2.08. The molecule has 0 aromatic carbocycles. The van der Waals surface area contributed by atoms with E-state index in [9.17, 15) is 8.42 Å². The fraction of sp³-hybridized carbons (Fsp3) is 1.00. The largest absolute Gasteiger partial charge is 0.380 e. The molecular weight excluding hydrogens is 228 g/mol. The minimum absolute atomic E-state index is 0.107. The van der Waals surface area contributed by atoms with Crippen LogP contribution in [0.15, 0.2) is 0 Å². The van der Waals surface area contributed by atoms with Crippen LogP contribution in [-0.2, 0) is 14.8 Å². The molecule has 0 saturated heterocycles. The number of nitrogens with one attached hydrogen (secondary N) is 2. The molecule has 0 aliphatic heterocycles. The van der Waals surface area contributed by atoms with Gasteiger partial charge in [0.15, 0.2) is 0 Å². The summed E-state index contributed by atoms with van der Waals surface area (Å²) in [5.41, 5.74) is 0. The van der Waals surface area contributed by atoms with Gasteiger partial charge in [-0.1, -0.05) is 13.8 Å². The van der Waals surface area contributed by atoms with Crippen LogP contribution in [0.3, 0.4) is 0 Å². The van der Waals surface area contributed by atoms with E-state index in [0.717, 1.165) is 6.42 Å². The van der Waals surface area contributed by atoms with Crippen LogP contribution in [0.1, 0.15) is 20.3 Å². The average molecular weight is 252 g/mol. The van der Waals surface area contributed by atoms with Crippen molar-refractivity contribution in [2.24, 2.45) is 5.92 Å². The summed E-state index contributed by atoms with van der Waals surface area (Å²) >= 11 is 0. The van der Waals surface area contributed by atoms with Crippen molar-refractivity contribution in [2.45, 2.75) is 20.3 Å². The molecule has 0 radical (unpaired) electrons. The van der Waals surface area contributed by atoms with Gasteiger partial charge in [0.1, 0.15) is 0 Å². The van der Waals surface area contributed by atoms with Crippen molar-refractivity contribution in [1.29, 1.82) is 0 Å². The van der Waals surface area contributed by atoms with E-state index in [1.54, 1.807) is 7.05 Å². The monoisotopic (exact) mass is 252 g/mol. The third-order valence-corrected chi connectivity index (χ3v) is 3.41. The van der Waals surface area contributed by atoms with Crippen molar-refractivity contribution in [2.75, 3.05) is 39.1 Å². The fourth-order valence-electron chi connectivity index (χ4n) is 0.999. The van der Waals surface area contributed by atoms with Gasteiger partial charge in [-0.3, -0.25) is 0 Å². The Morgan fingerprint density at radius 1 is 1.19 bits per heavy atom. The number of hydrogen-bond donors (Lipinski definition) is 2. The molecule has 0 amide bonds. The zero-order valence-corrected chi connectivity index (χ0v) is 11.3. The standard InChI is InChI=1S/C10H24N2O3S/c1-10(2)4-7-15-8-5-12-16(13,14)9-6-11-3/h10-12H,4-9H2,1-3H3. The summed E-state index contributed by atoms with van der Waals surface area (Å²) in [6, 6.07) is 0. The fourth-order valence-corrected chi connectivity index (χ4v) is 2.01. The first-order valence-corrected chi connectivity index (χ1v) is 7.33. The van der Waals surface area contributed by atoms with Gasteiger partial charge in [-0.05, 0) is 19.4 Å². The maximum atomic E-state index is 11.3. The summed E-state index contributed by atoms with van der Waals surface area (Å²) in [6.45, 7) is 6.20. The summed E-state index contributed by atoms with van der Waals surface area (Å²) in [5.74, 6) is 0.725. The first-order chi connectivity index (χ1) is 7.48. The van der Waals surface area contributed by atoms with Crippen molar-refractivity contribution in [3.05, 3.63) is 0 Å². The summed E-state index contributed by atoms with van der Waals surface area (Å²) in [4.78, 5) is 0. The Balaban J connectivity index is 3.43. The van der Waals surface area contributed by atoms with Crippen molar-refractivity contribution in [3.8, 4) is 0 Å². The van der Waals surface area contributed by atoms with E-state index in [2.05, 4.69) is 23.9 Å². The van der Waals surface area contributed by atoms with Gasteiger partial charge in [-0.2, -0.15) is 0 Å². The van der Waals surface area contributed by atoms with Crippen LogP contribution in [0.4, 0.5) is 0 Å². The normalized spacial score (nSPS) is 12.2. The number of hydrogen-bond acceptors (Lipinski definition) is 4. The van der Waals surface area contributed by atoms with Crippen molar-refractivity contribution in [1.82, 2.24) is 10.0 Å². The van der Waals surface area contributed by atoms with Gasteiger partial charge in [0.25, 0.3) is 0 Å². The Morgan fingerprint density at radius 2 is 1.88 bits per heavy atom. The zero-order valence-electron chi connectivity index (χ0n) is 10.5. The molecule has 98 valence electrons. The first kappa shape index (κ1) is 15.8. The molecule has 0 unspecified atom stereocenters. The highest BCUT2D eigenvalue weighted by Crippen LogP contribution is 1.98. The lowest BCUT2D eigenvalue weighted by Crippen LogP contribution is -2.33. The molecule has 16 heavy (non-hydrogen) atoms. The third kappa shape index (κ3) is 10.4. The van der Waals surface area contributed by atoms with Crippen LogP contribution in [0.5, 0.6) is 0 Å². The summed E-state index contributed by atoms with van der Waals surface area (Å²) in [7, 11) is -1.41. The number of sulfonamides is 1. The van der Waals surface area contributed by atoms with Gasteiger partial charge < -0.3 is 10.1 Å². The van der Waals surface area contributed by atoms with E-state index < -0.39 is 10.0 Å². The molecule has 0 saturated carbocycles. The smallest absolute Gasteiger partial charge is 0.212 e. The van der Waals surface area contributed by atoms with E-state index in [-0.39, 0.29) is 5.75 Å². The van der Waals surface area contributed by atoms with E-state index in [1.807, 2.05) is 0 Å². The number of ether oxygens (including phenoxy) is 1. The minimum Gasteiger partial charge on any atom is -0.380 e. The summed E-state index contributed by atoms with van der Waals surface area (Å²) in [5, 5.41) is 2.80. The second kappa shape index (κ2) is 8.92. The Hall–Kier alpha value is -0.170.